The van der Waals surface area contributed by atoms with E-state index in [1.165, 1.54) is 8.66 Å². The third kappa shape index (κ3) is 4.17. The summed E-state index contributed by atoms with van der Waals surface area (Å²) in [6.45, 7) is 6.82. The summed E-state index contributed by atoms with van der Waals surface area (Å²) in [5.74, 6) is 0. The van der Waals surface area contributed by atoms with E-state index in [2.05, 4.69) is 64.0 Å². The van der Waals surface area contributed by atoms with E-state index in [0.717, 1.165) is 10.9 Å². The molecular formula is C11H17Br2NS. The third-order valence-electron chi connectivity index (χ3n) is 2.17. The van der Waals surface area contributed by atoms with Gasteiger partial charge in [-0.25, -0.2) is 0 Å². The Kier molecular flexibility index (Phi) is 4.84. The second-order valence-corrected chi connectivity index (χ2v) is 8.13. The van der Waals surface area contributed by atoms with Crippen LogP contribution < -0.4 is 5.32 Å². The van der Waals surface area contributed by atoms with Crippen LogP contribution >= 0.6 is 43.2 Å². The second kappa shape index (κ2) is 5.30. The Morgan fingerprint density at radius 1 is 1.40 bits per heavy atom. The molecule has 4 heteroatoms. The Hall–Kier alpha value is 0.620. The molecule has 1 unspecified atom stereocenters. The minimum atomic E-state index is 0.344. The van der Waals surface area contributed by atoms with Crippen molar-refractivity contribution in [1.82, 2.24) is 5.32 Å². The fraction of sp³-hybridized carbons (Fsp3) is 0.636. The van der Waals surface area contributed by atoms with Crippen LogP contribution in [0.25, 0.3) is 0 Å². The summed E-state index contributed by atoms with van der Waals surface area (Å²) in [6.07, 6.45) is 1.14. The summed E-state index contributed by atoms with van der Waals surface area (Å²) < 4.78 is 2.32. The SMILES string of the molecule is CNC(CC(C)(C)C)c1cc(Br)c(Br)s1. The van der Waals surface area contributed by atoms with Crippen LogP contribution in [0, 0.1) is 5.41 Å². The van der Waals surface area contributed by atoms with E-state index in [1.807, 2.05) is 7.05 Å². The highest BCUT2D eigenvalue weighted by molar-refractivity contribution is 9.13. The van der Waals surface area contributed by atoms with Crippen molar-refractivity contribution in [3.8, 4) is 0 Å². The molecule has 86 valence electrons. The molecule has 0 saturated heterocycles. The molecule has 0 saturated carbocycles. The van der Waals surface area contributed by atoms with E-state index >= 15 is 0 Å². The van der Waals surface area contributed by atoms with Crippen LogP contribution in [-0.4, -0.2) is 7.05 Å². The van der Waals surface area contributed by atoms with Gasteiger partial charge in [0.2, 0.25) is 0 Å². The molecule has 0 aliphatic heterocycles. The molecule has 15 heavy (non-hydrogen) atoms. The van der Waals surface area contributed by atoms with Crippen LogP contribution in [0.3, 0.4) is 0 Å². The highest BCUT2D eigenvalue weighted by Gasteiger charge is 2.21. The second-order valence-electron chi connectivity index (χ2n) is 4.88. The van der Waals surface area contributed by atoms with Crippen LogP contribution in [0.4, 0.5) is 0 Å². The Balaban J connectivity index is 2.83. The first-order chi connectivity index (χ1) is 6.83. The monoisotopic (exact) mass is 353 g/mol. The Labute approximate surface area is 113 Å². The summed E-state index contributed by atoms with van der Waals surface area (Å²) in [7, 11) is 2.03. The highest BCUT2D eigenvalue weighted by Crippen LogP contribution is 2.38. The zero-order valence-electron chi connectivity index (χ0n) is 9.53. The summed E-state index contributed by atoms with van der Waals surface area (Å²) in [5.41, 5.74) is 0.344. The maximum atomic E-state index is 3.54. The fourth-order valence-corrected chi connectivity index (χ4v) is 3.69. The van der Waals surface area contributed by atoms with Gasteiger partial charge in [-0.2, -0.15) is 0 Å². The molecule has 1 atom stereocenters. The smallest absolute Gasteiger partial charge is 0.0843 e. The quantitative estimate of drug-likeness (QED) is 0.807. The lowest BCUT2D eigenvalue weighted by molar-refractivity contribution is 0.323. The van der Waals surface area contributed by atoms with Crippen molar-refractivity contribution in [2.75, 3.05) is 7.05 Å². The number of halogens is 2. The molecule has 0 aliphatic carbocycles. The topological polar surface area (TPSA) is 12.0 Å². The molecule has 0 amide bonds. The zero-order chi connectivity index (χ0) is 11.6. The van der Waals surface area contributed by atoms with Gasteiger partial charge < -0.3 is 5.32 Å². The average molecular weight is 355 g/mol. The van der Waals surface area contributed by atoms with Crippen molar-refractivity contribution in [2.24, 2.45) is 5.41 Å². The van der Waals surface area contributed by atoms with E-state index in [4.69, 9.17) is 0 Å². The molecule has 0 bridgehead atoms. The molecule has 0 aliphatic rings. The Morgan fingerprint density at radius 3 is 2.33 bits per heavy atom. The molecule has 0 fully saturated rings. The van der Waals surface area contributed by atoms with Gasteiger partial charge >= 0.3 is 0 Å². The van der Waals surface area contributed by atoms with Crippen molar-refractivity contribution in [3.05, 3.63) is 19.2 Å². The molecule has 1 aromatic heterocycles. The van der Waals surface area contributed by atoms with Gasteiger partial charge in [0.25, 0.3) is 0 Å². The predicted molar refractivity (Wildman–Crippen MR) is 75.6 cm³/mol. The maximum absolute atomic E-state index is 3.54. The number of hydrogen-bond donors (Lipinski definition) is 1. The third-order valence-corrected chi connectivity index (χ3v) is 5.54. The van der Waals surface area contributed by atoms with E-state index in [9.17, 15) is 0 Å². The van der Waals surface area contributed by atoms with Gasteiger partial charge in [0.15, 0.2) is 0 Å². The van der Waals surface area contributed by atoms with Gasteiger partial charge in [-0.15, -0.1) is 11.3 Å². The van der Waals surface area contributed by atoms with Gasteiger partial charge in [-0.05, 0) is 56.8 Å². The Morgan fingerprint density at radius 2 is 2.00 bits per heavy atom. The highest BCUT2D eigenvalue weighted by atomic mass is 79.9. The molecule has 1 heterocycles. The van der Waals surface area contributed by atoms with Crippen molar-refractivity contribution < 1.29 is 0 Å². The molecule has 0 radical (unpaired) electrons. The van der Waals surface area contributed by atoms with Crippen LogP contribution in [0.15, 0.2) is 14.3 Å². The van der Waals surface area contributed by atoms with Crippen molar-refractivity contribution >= 4 is 43.2 Å². The largest absolute Gasteiger partial charge is 0.312 e. The van der Waals surface area contributed by atoms with Crippen molar-refractivity contribution in [2.45, 2.75) is 33.2 Å². The lowest BCUT2D eigenvalue weighted by Gasteiger charge is -2.24. The van der Waals surface area contributed by atoms with Gasteiger partial charge in [0, 0.05) is 15.4 Å². The standard InChI is InChI=1S/C11H17Br2NS/c1-11(2,3)6-8(14-4)9-5-7(12)10(13)15-9/h5,8,14H,6H2,1-4H3. The van der Waals surface area contributed by atoms with E-state index in [0.29, 0.717) is 11.5 Å². The summed E-state index contributed by atoms with van der Waals surface area (Å²) in [4.78, 5) is 1.38. The Bertz CT molecular complexity index is 308. The maximum Gasteiger partial charge on any atom is 0.0843 e. The van der Waals surface area contributed by atoms with Crippen LogP contribution in [0.1, 0.15) is 38.1 Å². The molecule has 1 N–H and O–H groups in total. The van der Waals surface area contributed by atoms with Gasteiger partial charge in [-0.1, -0.05) is 20.8 Å². The first-order valence-corrected chi connectivity index (χ1v) is 7.36. The first-order valence-electron chi connectivity index (χ1n) is 4.95. The van der Waals surface area contributed by atoms with E-state index in [1.54, 1.807) is 11.3 Å². The number of thiophene rings is 1. The zero-order valence-corrected chi connectivity index (χ0v) is 13.5. The molecule has 1 nitrogen and oxygen atoms in total. The summed E-state index contributed by atoms with van der Waals surface area (Å²) in [6, 6.07) is 2.64. The normalized spacial score (nSPS) is 14.3. The van der Waals surface area contributed by atoms with Gasteiger partial charge in [-0.3, -0.25) is 0 Å². The lowest BCUT2D eigenvalue weighted by atomic mass is 9.87. The van der Waals surface area contributed by atoms with Gasteiger partial charge in [0.05, 0.1) is 3.79 Å². The van der Waals surface area contributed by atoms with Crippen molar-refractivity contribution in [1.29, 1.82) is 0 Å². The number of nitrogens with one attached hydrogen (secondary N) is 1. The molecule has 0 aromatic carbocycles. The van der Waals surface area contributed by atoms with E-state index in [-0.39, 0.29) is 0 Å². The van der Waals surface area contributed by atoms with Crippen LogP contribution in [0.5, 0.6) is 0 Å². The summed E-state index contributed by atoms with van der Waals surface area (Å²) >= 11 is 8.86. The van der Waals surface area contributed by atoms with Gasteiger partial charge in [0.1, 0.15) is 0 Å². The predicted octanol–water partition coefficient (Wildman–Crippen LogP) is 4.97. The number of hydrogen-bond acceptors (Lipinski definition) is 2. The lowest BCUT2D eigenvalue weighted by Crippen LogP contribution is -2.21. The van der Waals surface area contributed by atoms with E-state index < -0.39 is 0 Å². The molecule has 1 rings (SSSR count). The minimum absolute atomic E-state index is 0.344. The summed E-state index contributed by atoms with van der Waals surface area (Å²) in [5, 5.41) is 3.38. The molecule has 0 spiro atoms. The fourth-order valence-electron chi connectivity index (χ4n) is 1.49. The molecule has 1 aromatic rings. The number of rotatable bonds is 3. The average Bonchev–Trinajstić information content (AvgIpc) is 2.41. The van der Waals surface area contributed by atoms with Crippen LogP contribution in [-0.2, 0) is 0 Å². The minimum Gasteiger partial charge on any atom is -0.312 e. The van der Waals surface area contributed by atoms with Crippen molar-refractivity contribution in [3.63, 3.8) is 0 Å². The molecular weight excluding hydrogens is 338 g/mol. The first kappa shape index (κ1) is 13.7. The van der Waals surface area contributed by atoms with Crippen LogP contribution in [0.2, 0.25) is 0 Å².